The maximum absolute atomic E-state index is 9.76. The molecule has 21 rings (SSSR count). The number of nitrogens with zero attached hydrogens (tertiary/aromatic N) is 6. The Morgan fingerprint density at radius 3 is 1.39 bits per heavy atom. The Bertz CT molecular complexity index is 7420. The summed E-state index contributed by atoms with van der Waals surface area (Å²) >= 11 is 1.86. The molecule has 7 radical (unpaired) electrons. The number of aliphatic hydroxyl groups excluding tert-OH is 2. The molecule has 0 bridgehead atoms. The van der Waals surface area contributed by atoms with E-state index in [-0.39, 0.29) is 44.4 Å². The van der Waals surface area contributed by atoms with E-state index in [2.05, 4.69) is 371 Å². The number of thiophene rings is 1. The van der Waals surface area contributed by atoms with Crippen LogP contribution >= 0.6 is 18.1 Å². The van der Waals surface area contributed by atoms with Crippen molar-refractivity contribution in [3.05, 3.63) is 400 Å². The van der Waals surface area contributed by atoms with Crippen molar-refractivity contribution in [2.45, 2.75) is 81.4 Å². The number of rotatable bonds is 13. The van der Waals surface area contributed by atoms with E-state index in [1.54, 1.807) is 6.20 Å². The number of aryl methyl sites for hydroxylation is 2. The Hall–Kier alpha value is -13.0. The van der Waals surface area contributed by atoms with Gasteiger partial charge in [-0.15, -0.1) is 54.0 Å². The third kappa shape index (κ3) is 20.1. The number of hydrogen-bond acceptors (Lipinski definition) is 9. The minimum Gasteiger partial charge on any atom is -0.392 e. The Labute approximate surface area is 784 Å². The fourth-order valence-electron chi connectivity index (χ4n) is 16.7. The summed E-state index contributed by atoms with van der Waals surface area (Å²) in [6.07, 6.45) is 3.25. The van der Waals surface area contributed by atoms with Gasteiger partial charge in [-0.25, -0.2) is 4.98 Å². The minimum absolute atomic E-state index is 0. The van der Waals surface area contributed by atoms with Crippen LogP contribution in [0.5, 0.6) is 0 Å². The smallest absolute Gasteiger partial charge is 0.119 e. The second kappa shape index (κ2) is 39.9. The van der Waals surface area contributed by atoms with Crippen molar-refractivity contribution in [1.29, 1.82) is 5.16 Å². The number of anilines is 3. The molecule has 0 aliphatic rings. The van der Waals surface area contributed by atoms with Gasteiger partial charge in [0.2, 0.25) is 0 Å². The van der Waals surface area contributed by atoms with Crippen LogP contribution in [0, 0.1) is 35.9 Å². The van der Waals surface area contributed by atoms with Gasteiger partial charge >= 0.3 is 0 Å². The molecule has 0 aliphatic heterocycles. The van der Waals surface area contributed by atoms with Crippen LogP contribution < -0.4 is 4.90 Å². The number of aromatic nitrogens is 5. The Kier molecular flexibility index (Phi) is 28.2. The van der Waals surface area contributed by atoms with Gasteiger partial charge in [-0.2, -0.15) is 0 Å². The zero-order chi connectivity index (χ0) is 88.8. The fourth-order valence-corrected chi connectivity index (χ4v) is 17.9. The summed E-state index contributed by atoms with van der Waals surface area (Å²) in [6, 6.07) is 136. The second-order valence-corrected chi connectivity index (χ2v) is 38.0. The summed E-state index contributed by atoms with van der Waals surface area (Å²) in [6.45, 7) is 13.4. The van der Waals surface area contributed by atoms with Gasteiger partial charge in [0.15, 0.2) is 0 Å². The maximum atomic E-state index is 9.76. The first-order valence-corrected chi connectivity index (χ1v) is 46.2. The number of benzene rings is 17. The monoisotopic (exact) mass is 1900 g/mol. The predicted molar refractivity (Wildman–Crippen MR) is 555 cm³/mol. The summed E-state index contributed by atoms with van der Waals surface area (Å²) < 4.78 is 5.03. The zero-order valence-corrected chi connectivity index (χ0v) is 77.5. The van der Waals surface area contributed by atoms with Crippen LogP contribution in [0.25, 0.3) is 169 Å². The molecule has 637 valence electrons. The first-order chi connectivity index (χ1) is 62.0. The molecular formula is C115H100B3IrN7O2PS-. The third-order valence-corrected chi connectivity index (χ3v) is 25.5. The van der Waals surface area contributed by atoms with Crippen LogP contribution in [0.2, 0.25) is 0 Å². The van der Waals surface area contributed by atoms with Crippen LogP contribution in [0.15, 0.2) is 382 Å². The Balaban J connectivity index is 0.000000152. The molecule has 2 unspecified atom stereocenters. The molecule has 4 heterocycles. The molecule has 0 saturated heterocycles. The van der Waals surface area contributed by atoms with Gasteiger partial charge < -0.3 is 29.8 Å². The number of para-hydroxylation sites is 2. The van der Waals surface area contributed by atoms with E-state index in [1.807, 2.05) is 97.2 Å². The molecule has 9 nitrogen and oxygen atoms in total. The van der Waals surface area contributed by atoms with E-state index in [1.165, 1.54) is 124 Å². The van der Waals surface area contributed by atoms with Crippen LogP contribution in [-0.2, 0) is 20.1 Å². The number of hydrogen-bond donors (Lipinski definition) is 3. The quantitative estimate of drug-likeness (QED) is 0.0455. The van der Waals surface area contributed by atoms with Gasteiger partial charge in [0.1, 0.15) is 15.1 Å². The Morgan fingerprint density at radius 2 is 0.846 bits per heavy atom. The summed E-state index contributed by atoms with van der Waals surface area (Å²) in [7, 11) is 14.8. The summed E-state index contributed by atoms with van der Waals surface area (Å²) in [4.78, 5) is 21.1. The van der Waals surface area contributed by atoms with E-state index >= 15 is 0 Å². The molecule has 4 aromatic heterocycles. The minimum atomic E-state index is -2.37. The summed E-state index contributed by atoms with van der Waals surface area (Å²) in [5, 5.41) is 41.1. The van der Waals surface area contributed by atoms with E-state index in [4.69, 9.17) is 38.1 Å². The molecule has 130 heavy (non-hydrogen) atoms. The van der Waals surface area contributed by atoms with Gasteiger partial charge in [0, 0.05) is 114 Å². The normalized spacial score (nSPS) is 11.9. The molecule has 21 aromatic rings. The van der Waals surface area contributed by atoms with Gasteiger partial charge in [-0.1, -0.05) is 328 Å². The first-order valence-electron chi connectivity index (χ1n) is 43.3. The molecule has 0 amide bonds. The molecule has 15 heteroatoms. The standard InChI is InChI=1S/C56H38N2.C34H20N2S.C12H11N2.C11H24O2.CH3B3NP.CH4.Ir/c1-2-16-45(17-3-1)58-55-23-9-8-20-53(55)54-38-44(30-37-56(54)58)39-24-31-46(32-25-39)57(47-33-26-42(27-34-47)51-21-10-14-40-12-4-6-18-49(40)51)48-35-28-43(29-36-48)52-22-11-15-41-13-5-7-19-50(41)52;1-3-11-27-24(8-1)25-9-2-4-12-28(25)33-32(27)35-20-30(36-33)22-18-16-21(17-19-22)23-13-7-14-29-26-10-5-6-15-31(26)37-34(23)29;1-9-8-13-12(10(2)14-9)11-6-4-3-5-7-11;1-10(2,3)8(12)7-9(13)11(4,5)6;2-1-6(3,4)5;;/h1-38H;1-20H;3-6,8H,1-2H3;8-9,12-13H,7H2,1-6H3;5H,1H2;1H4;/q;;-1;;;;. The summed E-state index contributed by atoms with van der Waals surface area (Å²) in [5.41, 5.74) is 24.0. The van der Waals surface area contributed by atoms with Crippen LogP contribution in [0.3, 0.4) is 0 Å². The average Bonchev–Trinajstić information content (AvgIpc) is 1.08. The SMILES string of the molecule is C.CC(C)(C)C(O)CC(O)C(C)(C)C.Cc1cnc(-c2[c-]cccc2)c(C)n1.[B]CP([B])([B])=N.[Ir].c1ccc(-n2c3ccccc3c3cc(-c4ccc(N(c5ccc(-c6cccc7ccccc67)cc5)c5ccc(-c6cccc7ccccc67)cc5)cc4)ccc32)cc1.c1ccc2c(c1)sc1c(-c3ccc(-c4cnc5c6ccccc6c6ccccc6c5n4)cc3)cccc12. The molecule has 0 aliphatic carbocycles. The van der Waals surface area contributed by atoms with Crippen LogP contribution in [-0.4, -0.2) is 76.0 Å². The maximum Gasteiger partial charge on any atom is 0.119 e. The van der Waals surface area contributed by atoms with Gasteiger partial charge in [-0.3, -0.25) is 9.97 Å². The molecule has 0 spiro atoms. The molecule has 17 aromatic carbocycles. The first kappa shape index (κ1) is 91.8. The van der Waals surface area contributed by atoms with Crippen molar-refractivity contribution < 1.29 is 30.3 Å². The van der Waals surface area contributed by atoms with Crippen molar-refractivity contribution in [3.8, 4) is 72.7 Å². The molecule has 0 saturated carbocycles. The molecule has 0 fully saturated rings. The average molecular weight is 1900 g/mol. The van der Waals surface area contributed by atoms with E-state index in [9.17, 15) is 10.2 Å². The van der Waals surface area contributed by atoms with Crippen molar-refractivity contribution in [2.24, 2.45) is 10.8 Å². The molecule has 2 atom stereocenters. The Morgan fingerprint density at radius 1 is 0.415 bits per heavy atom. The topological polar surface area (TPSA) is 124 Å². The number of nitrogens with one attached hydrogen (secondary N) is 1. The van der Waals surface area contributed by atoms with Gasteiger partial charge in [-0.05, 0) is 174 Å². The van der Waals surface area contributed by atoms with Crippen LogP contribution in [0.4, 0.5) is 17.1 Å². The molecule has 3 N–H and O–H groups in total. The van der Waals surface area contributed by atoms with E-state index in [0.717, 1.165) is 72.8 Å². The number of fused-ring (bicyclic) bond motifs is 14. The fraction of sp³-hybridized carbons (Fsp3) is 0.130. The summed E-state index contributed by atoms with van der Waals surface area (Å²) in [5.74, 6) is 0. The van der Waals surface area contributed by atoms with Crippen molar-refractivity contribution in [2.75, 3.05) is 11.0 Å². The van der Waals surface area contributed by atoms with Gasteiger partial charge in [0.25, 0.3) is 0 Å². The van der Waals surface area contributed by atoms with Crippen molar-refractivity contribution in [1.82, 2.24) is 24.5 Å². The largest absolute Gasteiger partial charge is 0.392 e. The van der Waals surface area contributed by atoms with E-state index in [0.29, 0.717) is 6.42 Å². The molecular weight excluding hydrogens is 1800 g/mol. The third-order valence-electron chi connectivity index (χ3n) is 23.7. The number of aliphatic hydroxyl groups is 2. The van der Waals surface area contributed by atoms with Crippen molar-refractivity contribution in [3.63, 3.8) is 0 Å². The second-order valence-electron chi connectivity index (χ2n) is 34.7. The van der Waals surface area contributed by atoms with Crippen LogP contribution in [0.1, 0.15) is 66.8 Å². The van der Waals surface area contributed by atoms with Crippen molar-refractivity contribution >= 4 is 154 Å². The zero-order valence-electron chi connectivity index (χ0n) is 73.4. The predicted octanol–water partition coefficient (Wildman–Crippen LogP) is 30.6. The van der Waals surface area contributed by atoms with E-state index < -0.39 is 19.0 Å². The van der Waals surface area contributed by atoms with Gasteiger partial charge in [0.05, 0.1) is 59.7 Å².